The van der Waals surface area contributed by atoms with Crippen molar-refractivity contribution in [3.63, 3.8) is 0 Å². The van der Waals surface area contributed by atoms with Crippen LogP contribution in [0.4, 0.5) is 11.4 Å². The predicted molar refractivity (Wildman–Crippen MR) is 148 cm³/mol. The molecule has 0 aliphatic carbocycles. The van der Waals surface area contributed by atoms with E-state index < -0.39 is 11.8 Å². The Morgan fingerprint density at radius 1 is 0.921 bits per heavy atom. The van der Waals surface area contributed by atoms with Crippen LogP contribution in [-0.2, 0) is 16.1 Å². The predicted octanol–water partition coefficient (Wildman–Crippen LogP) is 3.63. The van der Waals surface area contributed by atoms with Gasteiger partial charge in [-0.3, -0.25) is 14.4 Å². The summed E-state index contributed by atoms with van der Waals surface area (Å²) in [5.74, 6) is -1.29. The Balaban J connectivity index is 1.26. The van der Waals surface area contributed by atoms with Crippen LogP contribution in [0.3, 0.4) is 0 Å². The highest BCUT2D eigenvalue weighted by Crippen LogP contribution is 2.34. The minimum atomic E-state index is -0.632. The van der Waals surface area contributed by atoms with E-state index in [-0.39, 0.29) is 16.6 Å². The molecule has 0 radical (unpaired) electrons. The van der Waals surface area contributed by atoms with Gasteiger partial charge in [0.05, 0.1) is 31.9 Å². The molecule has 0 aromatic heterocycles. The second-order valence-corrected chi connectivity index (χ2v) is 10.2. The van der Waals surface area contributed by atoms with Crippen LogP contribution in [0.25, 0.3) is 0 Å². The summed E-state index contributed by atoms with van der Waals surface area (Å²) in [6.07, 6.45) is 0. The lowest BCUT2D eigenvalue weighted by molar-refractivity contribution is -0.917. The first-order chi connectivity index (χ1) is 18.3. The van der Waals surface area contributed by atoms with Gasteiger partial charge in [0, 0.05) is 21.8 Å². The van der Waals surface area contributed by atoms with Crippen molar-refractivity contribution in [3.05, 3.63) is 105 Å². The third kappa shape index (κ3) is 5.18. The van der Waals surface area contributed by atoms with Crippen LogP contribution in [0.5, 0.6) is 0 Å². The summed E-state index contributed by atoms with van der Waals surface area (Å²) in [5, 5.41) is 3.19. The minimum absolute atomic E-state index is 0.0428. The molecule has 0 spiro atoms. The number of halogens is 2. The lowest BCUT2D eigenvalue weighted by Gasteiger charge is -2.32. The molecule has 38 heavy (non-hydrogen) atoms. The molecule has 5 rings (SSSR count). The smallest absolute Gasteiger partial charge is 0.283 e. The summed E-state index contributed by atoms with van der Waals surface area (Å²) in [7, 11) is 0. The number of carbonyl (C=O) groups is 3. The van der Waals surface area contributed by atoms with E-state index in [0.29, 0.717) is 40.6 Å². The number of anilines is 2. The highest BCUT2D eigenvalue weighted by molar-refractivity contribution is 6.53. The van der Waals surface area contributed by atoms with Gasteiger partial charge in [-0.2, -0.15) is 0 Å². The van der Waals surface area contributed by atoms with Crippen LogP contribution in [0.15, 0.2) is 83.5 Å². The molecule has 0 saturated carbocycles. The van der Waals surface area contributed by atoms with Gasteiger partial charge in [-0.1, -0.05) is 65.7 Å². The molecule has 0 unspecified atom stereocenters. The second-order valence-electron chi connectivity index (χ2n) is 9.43. The average molecular weight is 550 g/mol. The van der Waals surface area contributed by atoms with E-state index in [4.69, 9.17) is 23.2 Å². The van der Waals surface area contributed by atoms with E-state index in [9.17, 15) is 14.4 Å². The van der Waals surface area contributed by atoms with Crippen LogP contribution in [0, 0.1) is 6.92 Å². The van der Waals surface area contributed by atoms with Gasteiger partial charge < -0.3 is 15.1 Å². The molecule has 0 atom stereocenters. The Morgan fingerprint density at radius 3 is 2.37 bits per heavy atom. The number of nitrogens with one attached hydrogen (secondary N) is 2. The maximum Gasteiger partial charge on any atom is 0.283 e. The van der Waals surface area contributed by atoms with Gasteiger partial charge in [-0.25, -0.2) is 4.90 Å². The second kappa shape index (κ2) is 11.0. The maximum absolute atomic E-state index is 13.3. The fraction of sp³-hybridized carbons (Fsp3) is 0.207. The van der Waals surface area contributed by atoms with Crippen LogP contribution < -0.4 is 15.1 Å². The molecule has 2 N–H and O–H groups in total. The molecule has 3 aromatic rings. The number of rotatable bonds is 6. The Labute approximate surface area is 231 Å². The SMILES string of the molecule is Cc1c(Cl)cccc1N1C(=O)C(Cl)=C(Nc2cccc(C(=O)N3CC[NH+](Cc4ccccc4)CC3)c2)C1=O. The molecule has 7 nitrogen and oxygen atoms in total. The van der Waals surface area contributed by atoms with Crippen LogP contribution >= 0.6 is 23.2 Å². The largest absolute Gasteiger partial charge is 0.350 e. The zero-order chi connectivity index (χ0) is 26.8. The molecule has 1 fully saturated rings. The minimum Gasteiger partial charge on any atom is -0.350 e. The molecule has 0 bridgehead atoms. The van der Waals surface area contributed by atoms with Crippen molar-refractivity contribution in [2.24, 2.45) is 0 Å². The van der Waals surface area contributed by atoms with Gasteiger partial charge >= 0.3 is 0 Å². The molecule has 3 aromatic carbocycles. The van der Waals surface area contributed by atoms with Crippen molar-refractivity contribution in [3.8, 4) is 0 Å². The number of quaternary nitrogens is 1. The van der Waals surface area contributed by atoms with Crippen LogP contribution in [0.1, 0.15) is 21.5 Å². The molecule has 2 aliphatic heterocycles. The number of benzene rings is 3. The van der Waals surface area contributed by atoms with Crippen LogP contribution in [0.2, 0.25) is 5.02 Å². The quantitative estimate of drug-likeness (QED) is 0.460. The topological polar surface area (TPSA) is 74.2 Å². The van der Waals surface area contributed by atoms with Crippen molar-refractivity contribution in [2.75, 3.05) is 36.4 Å². The van der Waals surface area contributed by atoms with Gasteiger partial charge in [0.15, 0.2) is 0 Å². The number of hydrogen-bond acceptors (Lipinski definition) is 4. The first-order valence-corrected chi connectivity index (χ1v) is 13.2. The molecule has 2 heterocycles. The molecular weight excluding hydrogens is 523 g/mol. The monoisotopic (exact) mass is 549 g/mol. The Bertz CT molecular complexity index is 1430. The van der Waals surface area contributed by atoms with Gasteiger partial charge in [0.25, 0.3) is 17.7 Å². The summed E-state index contributed by atoms with van der Waals surface area (Å²) in [6.45, 7) is 5.74. The van der Waals surface area contributed by atoms with Gasteiger partial charge in [0.2, 0.25) is 0 Å². The third-order valence-corrected chi connectivity index (χ3v) is 7.70. The van der Waals surface area contributed by atoms with Crippen LogP contribution in [-0.4, -0.2) is 48.8 Å². The van der Waals surface area contributed by atoms with E-state index in [1.165, 1.54) is 10.5 Å². The Kier molecular flexibility index (Phi) is 7.51. The van der Waals surface area contributed by atoms with Crippen molar-refractivity contribution < 1.29 is 19.3 Å². The molecule has 3 amide bonds. The highest BCUT2D eigenvalue weighted by atomic mass is 35.5. The van der Waals surface area contributed by atoms with E-state index in [1.807, 2.05) is 23.1 Å². The number of nitrogens with zero attached hydrogens (tertiary/aromatic N) is 2. The van der Waals surface area contributed by atoms with E-state index >= 15 is 0 Å². The van der Waals surface area contributed by atoms with E-state index in [1.54, 1.807) is 49.4 Å². The Hall–Kier alpha value is -3.65. The van der Waals surface area contributed by atoms with Gasteiger partial charge in [-0.05, 0) is 42.8 Å². The first-order valence-electron chi connectivity index (χ1n) is 12.4. The van der Waals surface area contributed by atoms with E-state index in [2.05, 4.69) is 17.4 Å². The van der Waals surface area contributed by atoms with E-state index in [0.717, 1.165) is 24.5 Å². The normalized spacial score (nSPS) is 16.4. The third-order valence-electron chi connectivity index (χ3n) is 6.94. The summed E-state index contributed by atoms with van der Waals surface area (Å²) >= 11 is 12.5. The van der Waals surface area contributed by atoms with Crippen molar-refractivity contribution >= 4 is 52.3 Å². The highest BCUT2D eigenvalue weighted by Gasteiger charge is 2.39. The zero-order valence-electron chi connectivity index (χ0n) is 20.8. The molecule has 9 heteroatoms. The molecule has 1 saturated heterocycles. The Morgan fingerprint density at radius 2 is 1.63 bits per heavy atom. The van der Waals surface area contributed by atoms with Gasteiger partial charge in [-0.15, -0.1) is 0 Å². The fourth-order valence-electron chi connectivity index (χ4n) is 4.81. The first kappa shape index (κ1) is 26.0. The average Bonchev–Trinajstić information content (AvgIpc) is 3.14. The summed E-state index contributed by atoms with van der Waals surface area (Å²) in [4.78, 5) is 43.6. The van der Waals surface area contributed by atoms with Crippen molar-refractivity contribution in [1.29, 1.82) is 0 Å². The van der Waals surface area contributed by atoms with Crippen molar-refractivity contribution in [2.45, 2.75) is 13.5 Å². The summed E-state index contributed by atoms with van der Waals surface area (Å²) in [6, 6.07) is 22.2. The number of carbonyl (C=O) groups excluding carboxylic acids is 3. The number of piperazine rings is 1. The number of hydrogen-bond donors (Lipinski definition) is 2. The standard InChI is InChI=1S/C29H26Cl2N4O3/c1-19-23(30)11-6-12-24(19)35-28(37)25(31)26(29(35)38)32-22-10-5-9-21(17-22)27(36)34-15-13-33(14-16-34)18-20-7-3-2-4-8-20/h2-12,17,32H,13-16,18H2,1H3/p+1. The number of imide groups is 1. The molecular formula is C29H27Cl2N4O3+. The molecule has 194 valence electrons. The summed E-state index contributed by atoms with van der Waals surface area (Å²) in [5.41, 5.74) is 3.21. The summed E-state index contributed by atoms with van der Waals surface area (Å²) < 4.78 is 0. The maximum atomic E-state index is 13.3. The van der Waals surface area contributed by atoms with Crippen molar-refractivity contribution in [1.82, 2.24) is 4.90 Å². The lowest BCUT2D eigenvalue weighted by Crippen LogP contribution is -3.13. The lowest BCUT2D eigenvalue weighted by atomic mass is 10.1. The van der Waals surface area contributed by atoms with Gasteiger partial charge in [0.1, 0.15) is 17.3 Å². The zero-order valence-corrected chi connectivity index (χ0v) is 22.4. The molecule has 2 aliphatic rings. The number of amides is 3. The fourth-order valence-corrected chi connectivity index (χ4v) is 5.19.